The Labute approximate surface area is 124 Å². The third-order valence-electron chi connectivity index (χ3n) is 2.72. The first kappa shape index (κ1) is 14.8. The minimum atomic E-state index is -1.14. The summed E-state index contributed by atoms with van der Waals surface area (Å²) in [5, 5.41) is 11.4. The van der Waals surface area contributed by atoms with Crippen LogP contribution in [0.1, 0.15) is 20.7 Å². The van der Waals surface area contributed by atoms with Crippen LogP contribution in [0.5, 0.6) is 0 Å². The molecular weight excluding hydrogens is 299 g/mol. The van der Waals surface area contributed by atoms with Crippen LogP contribution in [0.4, 0.5) is 15.8 Å². The van der Waals surface area contributed by atoms with Crippen molar-refractivity contribution in [1.82, 2.24) is 0 Å². The van der Waals surface area contributed by atoms with E-state index in [0.717, 1.165) is 6.07 Å². The molecule has 0 heterocycles. The molecule has 2 aromatic rings. The van der Waals surface area contributed by atoms with E-state index in [1.807, 2.05) is 0 Å². The smallest absolute Gasteiger partial charge is 0.335 e. The zero-order valence-corrected chi connectivity index (χ0v) is 11.3. The largest absolute Gasteiger partial charge is 0.478 e. The van der Waals surface area contributed by atoms with Crippen molar-refractivity contribution < 1.29 is 19.1 Å². The van der Waals surface area contributed by atoms with Crippen molar-refractivity contribution in [3.63, 3.8) is 0 Å². The topological polar surface area (TPSA) is 92.4 Å². The summed E-state index contributed by atoms with van der Waals surface area (Å²) in [5.74, 6) is -2.61. The molecule has 5 nitrogen and oxygen atoms in total. The molecule has 0 aliphatic carbocycles. The fourth-order valence-electron chi connectivity index (χ4n) is 1.67. The van der Waals surface area contributed by atoms with Crippen LogP contribution in [0, 0.1) is 5.82 Å². The molecule has 0 aliphatic heterocycles. The summed E-state index contributed by atoms with van der Waals surface area (Å²) in [5.41, 5.74) is 5.71. The maximum absolute atomic E-state index is 13.6. The molecule has 0 radical (unpaired) electrons. The van der Waals surface area contributed by atoms with Gasteiger partial charge in [-0.25, -0.2) is 9.18 Å². The molecule has 0 unspecified atom stereocenters. The summed E-state index contributed by atoms with van der Waals surface area (Å²) in [7, 11) is 0. The Morgan fingerprint density at radius 3 is 2.48 bits per heavy atom. The Morgan fingerprint density at radius 2 is 1.90 bits per heavy atom. The Hall–Kier alpha value is -2.60. The third-order valence-corrected chi connectivity index (χ3v) is 2.96. The number of carboxylic acid groups (broad SMARTS) is 1. The number of carboxylic acids is 1. The number of amides is 1. The lowest BCUT2D eigenvalue weighted by Crippen LogP contribution is -2.15. The molecule has 0 spiro atoms. The molecule has 2 rings (SSSR count). The molecule has 7 heteroatoms. The SMILES string of the molecule is Nc1cc(C(=O)O)ccc1NC(=O)c1ccc(Cl)cc1F. The maximum atomic E-state index is 13.6. The summed E-state index contributed by atoms with van der Waals surface area (Å²) in [6, 6.07) is 7.48. The number of hydrogen-bond donors (Lipinski definition) is 3. The van der Waals surface area contributed by atoms with E-state index in [1.54, 1.807) is 0 Å². The zero-order valence-electron chi connectivity index (χ0n) is 10.6. The average molecular weight is 309 g/mol. The summed E-state index contributed by atoms with van der Waals surface area (Å²) in [6.07, 6.45) is 0. The molecule has 0 saturated carbocycles. The highest BCUT2D eigenvalue weighted by Crippen LogP contribution is 2.22. The number of carbonyl (C=O) groups excluding carboxylic acids is 1. The lowest BCUT2D eigenvalue weighted by atomic mass is 10.1. The summed E-state index contributed by atoms with van der Waals surface area (Å²) in [6.45, 7) is 0. The van der Waals surface area contributed by atoms with Gasteiger partial charge in [-0.2, -0.15) is 0 Å². The minimum Gasteiger partial charge on any atom is -0.478 e. The zero-order chi connectivity index (χ0) is 15.6. The number of nitrogen functional groups attached to an aromatic ring is 1. The van der Waals surface area contributed by atoms with Gasteiger partial charge in [0.15, 0.2) is 0 Å². The Bertz CT molecular complexity index is 734. The first-order valence-corrected chi connectivity index (χ1v) is 6.15. The number of benzene rings is 2. The fraction of sp³-hybridized carbons (Fsp3) is 0. The van der Waals surface area contributed by atoms with Crippen molar-refractivity contribution in [3.05, 3.63) is 58.4 Å². The monoisotopic (exact) mass is 308 g/mol. The molecule has 0 atom stereocenters. The number of nitrogens with two attached hydrogens (primary N) is 1. The third kappa shape index (κ3) is 3.29. The van der Waals surface area contributed by atoms with E-state index in [9.17, 15) is 14.0 Å². The maximum Gasteiger partial charge on any atom is 0.335 e. The highest BCUT2D eigenvalue weighted by molar-refractivity contribution is 6.30. The van der Waals surface area contributed by atoms with E-state index in [-0.39, 0.29) is 27.5 Å². The second-order valence-electron chi connectivity index (χ2n) is 4.19. The molecular formula is C14H10ClFN2O3. The lowest BCUT2D eigenvalue weighted by Gasteiger charge is -2.09. The molecule has 0 saturated heterocycles. The molecule has 0 aromatic heterocycles. The van der Waals surface area contributed by atoms with E-state index in [2.05, 4.69) is 5.32 Å². The molecule has 4 N–H and O–H groups in total. The fourth-order valence-corrected chi connectivity index (χ4v) is 1.83. The van der Waals surface area contributed by atoms with Gasteiger partial charge in [-0.3, -0.25) is 4.79 Å². The van der Waals surface area contributed by atoms with Crippen LogP contribution < -0.4 is 11.1 Å². The van der Waals surface area contributed by atoms with Gasteiger partial charge in [0.1, 0.15) is 5.82 Å². The van der Waals surface area contributed by atoms with Crippen molar-refractivity contribution in [2.45, 2.75) is 0 Å². The van der Waals surface area contributed by atoms with Gasteiger partial charge in [-0.1, -0.05) is 11.6 Å². The van der Waals surface area contributed by atoms with Gasteiger partial charge in [0.05, 0.1) is 22.5 Å². The number of hydrogen-bond acceptors (Lipinski definition) is 3. The second kappa shape index (κ2) is 5.80. The predicted octanol–water partition coefficient (Wildman–Crippen LogP) is 3.01. The van der Waals surface area contributed by atoms with Crippen molar-refractivity contribution in [2.24, 2.45) is 0 Å². The molecule has 0 aliphatic rings. The highest BCUT2D eigenvalue weighted by atomic mass is 35.5. The predicted molar refractivity (Wildman–Crippen MR) is 77.2 cm³/mol. The van der Waals surface area contributed by atoms with Crippen LogP contribution >= 0.6 is 11.6 Å². The first-order valence-electron chi connectivity index (χ1n) is 5.77. The highest BCUT2D eigenvalue weighted by Gasteiger charge is 2.14. The summed E-state index contributed by atoms with van der Waals surface area (Å²) < 4.78 is 13.6. The van der Waals surface area contributed by atoms with Crippen molar-refractivity contribution in [3.8, 4) is 0 Å². The second-order valence-corrected chi connectivity index (χ2v) is 4.62. The molecule has 1 amide bonds. The number of nitrogens with one attached hydrogen (secondary N) is 1. The Morgan fingerprint density at radius 1 is 1.19 bits per heavy atom. The number of anilines is 2. The summed E-state index contributed by atoms with van der Waals surface area (Å²) >= 11 is 5.61. The van der Waals surface area contributed by atoms with E-state index in [1.165, 1.54) is 30.3 Å². The Kier molecular flexibility index (Phi) is 4.09. The van der Waals surface area contributed by atoms with Gasteiger partial charge in [0.2, 0.25) is 0 Å². The van der Waals surface area contributed by atoms with Gasteiger partial charge in [-0.05, 0) is 36.4 Å². The number of carbonyl (C=O) groups is 2. The molecule has 21 heavy (non-hydrogen) atoms. The molecule has 0 fully saturated rings. The normalized spacial score (nSPS) is 10.2. The van der Waals surface area contributed by atoms with Crippen LogP contribution in [0.2, 0.25) is 5.02 Å². The van der Waals surface area contributed by atoms with E-state index in [0.29, 0.717) is 0 Å². The van der Waals surface area contributed by atoms with Crippen LogP contribution in [-0.2, 0) is 0 Å². The quantitative estimate of drug-likeness (QED) is 0.760. The molecule has 0 bridgehead atoms. The van der Waals surface area contributed by atoms with Crippen molar-refractivity contribution in [2.75, 3.05) is 11.1 Å². The van der Waals surface area contributed by atoms with Crippen LogP contribution in [0.3, 0.4) is 0 Å². The van der Waals surface area contributed by atoms with Crippen LogP contribution in [0.25, 0.3) is 0 Å². The Balaban J connectivity index is 2.25. The van der Waals surface area contributed by atoms with Gasteiger partial charge in [-0.15, -0.1) is 0 Å². The molecule has 108 valence electrons. The summed E-state index contributed by atoms with van der Waals surface area (Å²) in [4.78, 5) is 22.7. The van der Waals surface area contributed by atoms with E-state index < -0.39 is 17.7 Å². The van der Waals surface area contributed by atoms with E-state index >= 15 is 0 Å². The van der Waals surface area contributed by atoms with Crippen LogP contribution in [0.15, 0.2) is 36.4 Å². The number of aromatic carboxylic acids is 1. The standard InChI is InChI=1S/C14H10ClFN2O3/c15-8-2-3-9(10(16)6-8)13(19)18-12-4-1-7(14(20)21)5-11(12)17/h1-6H,17H2,(H,18,19)(H,20,21). The van der Waals surface area contributed by atoms with Crippen LogP contribution in [-0.4, -0.2) is 17.0 Å². The van der Waals surface area contributed by atoms with Gasteiger partial charge < -0.3 is 16.2 Å². The van der Waals surface area contributed by atoms with E-state index in [4.69, 9.17) is 22.4 Å². The minimum absolute atomic E-state index is 0.0110. The van der Waals surface area contributed by atoms with Gasteiger partial charge in [0, 0.05) is 5.02 Å². The number of rotatable bonds is 3. The van der Waals surface area contributed by atoms with Crippen molar-refractivity contribution >= 4 is 34.9 Å². The molecule has 2 aromatic carbocycles. The average Bonchev–Trinajstić information content (AvgIpc) is 2.40. The lowest BCUT2D eigenvalue weighted by molar-refractivity contribution is 0.0696. The van der Waals surface area contributed by atoms with Crippen molar-refractivity contribution in [1.29, 1.82) is 0 Å². The van der Waals surface area contributed by atoms with Gasteiger partial charge >= 0.3 is 5.97 Å². The number of halogens is 2. The first-order chi connectivity index (χ1) is 9.88. The van der Waals surface area contributed by atoms with Gasteiger partial charge in [0.25, 0.3) is 5.91 Å².